The minimum atomic E-state index is -0.536. The largest absolute Gasteiger partial charge is 0.490 e. The van der Waals surface area contributed by atoms with Crippen LogP contribution in [0.5, 0.6) is 11.5 Å². The van der Waals surface area contributed by atoms with E-state index in [1.807, 2.05) is 6.07 Å². The first-order chi connectivity index (χ1) is 17.4. The van der Waals surface area contributed by atoms with Crippen LogP contribution in [0.2, 0.25) is 0 Å². The van der Waals surface area contributed by atoms with Crippen LogP contribution >= 0.6 is 15.9 Å². The van der Waals surface area contributed by atoms with Gasteiger partial charge in [0, 0.05) is 10.2 Å². The summed E-state index contributed by atoms with van der Waals surface area (Å²) >= 11 is 3.43. The van der Waals surface area contributed by atoms with Crippen LogP contribution in [0.15, 0.2) is 76.8 Å². The normalized spacial score (nSPS) is 14.1. The fourth-order valence-corrected chi connectivity index (χ4v) is 3.82. The number of benzene rings is 3. The molecule has 36 heavy (non-hydrogen) atoms. The van der Waals surface area contributed by atoms with E-state index in [0.717, 1.165) is 0 Å². The molecule has 2 N–H and O–H groups in total. The SMILES string of the molecule is CCOc1cc(/C=C2/C(=O)NN(c3ccccc3)C2=O)c(Br)cc1OCC(=O)Nc1ccc(F)cc1. The predicted molar refractivity (Wildman–Crippen MR) is 136 cm³/mol. The van der Waals surface area contributed by atoms with Crippen LogP contribution in [0.3, 0.4) is 0 Å². The predicted octanol–water partition coefficient (Wildman–Crippen LogP) is 4.47. The Kier molecular flexibility index (Phi) is 7.65. The first kappa shape index (κ1) is 24.9. The lowest BCUT2D eigenvalue weighted by molar-refractivity contribution is -0.118. The van der Waals surface area contributed by atoms with Gasteiger partial charge in [-0.1, -0.05) is 34.1 Å². The first-order valence-electron chi connectivity index (χ1n) is 10.9. The number of amides is 3. The van der Waals surface area contributed by atoms with Gasteiger partial charge in [0.2, 0.25) is 0 Å². The fourth-order valence-electron chi connectivity index (χ4n) is 3.39. The van der Waals surface area contributed by atoms with Crippen LogP contribution < -0.4 is 25.2 Å². The fraction of sp³-hybridized carbons (Fsp3) is 0.115. The van der Waals surface area contributed by atoms with E-state index in [-0.39, 0.29) is 17.9 Å². The van der Waals surface area contributed by atoms with Gasteiger partial charge in [-0.2, -0.15) is 0 Å². The molecule has 4 rings (SSSR count). The molecule has 0 bridgehead atoms. The number of rotatable bonds is 8. The molecule has 0 atom stereocenters. The molecule has 8 nitrogen and oxygen atoms in total. The summed E-state index contributed by atoms with van der Waals surface area (Å²) in [7, 11) is 0. The molecule has 0 radical (unpaired) electrons. The van der Waals surface area contributed by atoms with E-state index in [1.165, 1.54) is 35.4 Å². The third-order valence-corrected chi connectivity index (χ3v) is 5.74. The zero-order valence-electron chi connectivity index (χ0n) is 19.1. The highest BCUT2D eigenvalue weighted by Gasteiger charge is 2.34. The molecule has 1 heterocycles. The number of para-hydroxylation sites is 1. The van der Waals surface area contributed by atoms with Crippen LogP contribution in [0.1, 0.15) is 12.5 Å². The second kappa shape index (κ2) is 11.0. The minimum absolute atomic E-state index is 0.0469. The van der Waals surface area contributed by atoms with Gasteiger partial charge in [0.15, 0.2) is 18.1 Å². The van der Waals surface area contributed by atoms with Gasteiger partial charge in [-0.3, -0.25) is 19.8 Å². The number of ether oxygens (including phenoxy) is 2. The van der Waals surface area contributed by atoms with E-state index >= 15 is 0 Å². The number of anilines is 2. The van der Waals surface area contributed by atoms with Gasteiger partial charge in [0.25, 0.3) is 17.7 Å². The lowest BCUT2D eigenvalue weighted by Crippen LogP contribution is -2.35. The number of carbonyl (C=O) groups is 3. The zero-order valence-corrected chi connectivity index (χ0v) is 20.7. The second-order valence-corrected chi connectivity index (χ2v) is 8.43. The third kappa shape index (κ3) is 5.72. The lowest BCUT2D eigenvalue weighted by Gasteiger charge is -2.14. The maximum atomic E-state index is 13.0. The number of nitrogens with one attached hydrogen (secondary N) is 2. The van der Waals surface area contributed by atoms with Crippen molar-refractivity contribution in [2.45, 2.75) is 6.92 Å². The van der Waals surface area contributed by atoms with Crippen molar-refractivity contribution in [2.24, 2.45) is 0 Å². The van der Waals surface area contributed by atoms with Gasteiger partial charge in [-0.25, -0.2) is 9.40 Å². The summed E-state index contributed by atoms with van der Waals surface area (Å²) in [5, 5.41) is 3.80. The number of hydrogen-bond acceptors (Lipinski definition) is 5. The summed E-state index contributed by atoms with van der Waals surface area (Å²) in [5.41, 5.74) is 3.99. The van der Waals surface area contributed by atoms with E-state index in [2.05, 4.69) is 26.7 Å². The molecule has 3 aromatic rings. The molecule has 0 saturated carbocycles. The number of nitrogens with zero attached hydrogens (tertiary/aromatic N) is 1. The van der Waals surface area contributed by atoms with Gasteiger partial charge in [0.1, 0.15) is 11.4 Å². The molecule has 0 unspecified atom stereocenters. The Balaban J connectivity index is 1.52. The van der Waals surface area contributed by atoms with Crippen LogP contribution in [0.4, 0.5) is 15.8 Å². The van der Waals surface area contributed by atoms with E-state index in [4.69, 9.17) is 9.47 Å². The van der Waals surface area contributed by atoms with Crippen molar-refractivity contribution in [3.63, 3.8) is 0 Å². The molecule has 1 fully saturated rings. The number of hydrogen-bond donors (Lipinski definition) is 2. The van der Waals surface area contributed by atoms with Gasteiger partial charge < -0.3 is 14.8 Å². The molecule has 184 valence electrons. The molecular formula is C26H21BrFN3O5. The van der Waals surface area contributed by atoms with Gasteiger partial charge in [-0.05, 0) is 67.1 Å². The van der Waals surface area contributed by atoms with Crippen LogP contribution in [-0.4, -0.2) is 30.9 Å². The smallest absolute Gasteiger partial charge is 0.282 e. The quantitative estimate of drug-likeness (QED) is 0.317. The lowest BCUT2D eigenvalue weighted by atomic mass is 10.1. The van der Waals surface area contributed by atoms with Crippen LogP contribution in [0, 0.1) is 5.82 Å². The molecule has 3 aromatic carbocycles. The van der Waals surface area contributed by atoms with Crippen molar-refractivity contribution in [1.29, 1.82) is 0 Å². The van der Waals surface area contributed by atoms with Gasteiger partial charge in [0.05, 0.1) is 12.3 Å². The summed E-state index contributed by atoms with van der Waals surface area (Å²) in [5.74, 6) is -1.27. The summed E-state index contributed by atoms with van der Waals surface area (Å²) < 4.78 is 24.9. The van der Waals surface area contributed by atoms with E-state index in [1.54, 1.807) is 43.3 Å². The van der Waals surface area contributed by atoms with Crippen LogP contribution in [0.25, 0.3) is 6.08 Å². The second-order valence-electron chi connectivity index (χ2n) is 7.57. The molecule has 0 aromatic heterocycles. The van der Waals surface area contributed by atoms with E-state index in [0.29, 0.717) is 33.8 Å². The minimum Gasteiger partial charge on any atom is -0.490 e. The molecule has 1 aliphatic heterocycles. The summed E-state index contributed by atoms with van der Waals surface area (Å²) in [6.07, 6.45) is 1.46. The topological polar surface area (TPSA) is 97.0 Å². The van der Waals surface area contributed by atoms with Crippen molar-refractivity contribution >= 4 is 51.1 Å². The Morgan fingerprint density at radius 1 is 1.06 bits per heavy atom. The average molecular weight is 554 g/mol. The van der Waals surface area contributed by atoms with Gasteiger partial charge >= 0.3 is 0 Å². The average Bonchev–Trinajstić information content (AvgIpc) is 3.15. The summed E-state index contributed by atoms with van der Waals surface area (Å²) in [4.78, 5) is 37.7. The molecule has 0 aliphatic carbocycles. The molecule has 1 saturated heterocycles. The Bertz CT molecular complexity index is 1330. The monoisotopic (exact) mass is 553 g/mol. The van der Waals surface area contributed by atoms with Crippen molar-refractivity contribution in [3.05, 3.63) is 88.2 Å². The highest BCUT2D eigenvalue weighted by molar-refractivity contribution is 9.10. The maximum Gasteiger partial charge on any atom is 0.282 e. The first-order valence-corrected chi connectivity index (χ1v) is 11.7. The van der Waals surface area contributed by atoms with Crippen molar-refractivity contribution in [3.8, 4) is 11.5 Å². The van der Waals surface area contributed by atoms with Crippen molar-refractivity contribution in [2.75, 3.05) is 23.5 Å². The van der Waals surface area contributed by atoms with E-state index < -0.39 is 23.5 Å². The highest BCUT2D eigenvalue weighted by atomic mass is 79.9. The molecular weight excluding hydrogens is 533 g/mol. The van der Waals surface area contributed by atoms with Crippen molar-refractivity contribution < 1.29 is 28.2 Å². The Morgan fingerprint density at radius 3 is 2.44 bits per heavy atom. The molecule has 10 heteroatoms. The zero-order chi connectivity index (χ0) is 25.7. The highest BCUT2D eigenvalue weighted by Crippen LogP contribution is 2.35. The van der Waals surface area contributed by atoms with E-state index in [9.17, 15) is 18.8 Å². The number of carbonyl (C=O) groups excluding carboxylic acids is 3. The maximum absolute atomic E-state index is 13.0. The number of hydrazine groups is 1. The summed E-state index contributed by atoms with van der Waals surface area (Å²) in [6, 6.07) is 17.3. The Hall–Kier alpha value is -4.18. The van der Waals surface area contributed by atoms with Crippen molar-refractivity contribution in [1.82, 2.24) is 5.43 Å². The standard InChI is InChI=1S/C26H21BrFN3O5/c1-2-35-22-13-16(12-20-25(33)30-31(26(20)34)19-6-4-3-5-7-19)21(27)14-23(22)36-15-24(32)29-18-10-8-17(28)9-11-18/h3-14H,2,15H2,1H3,(H,29,32)(H,30,33)/b20-12-. The van der Waals surface area contributed by atoms with Gasteiger partial charge in [-0.15, -0.1) is 0 Å². The Morgan fingerprint density at radius 2 is 1.75 bits per heavy atom. The molecule has 3 amide bonds. The molecule has 0 spiro atoms. The Labute approximate surface area is 214 Å². The molecule has 1 aliphatic rings. The van der Waals surface area contributed by atoms with Crippen LogP contribution in [-0.2, 0) is 14.4 Å². The number of halogens is 2. The summed E-state index contributed by atoms with van der Waals surface area (Å²) in [6.45, 7) is 1.78. The third-order valence-electron chi connectivity index (χ3n) is 5.06.